The van der Waals surface area contributed by atoms with E-state index >= 15 is 0 Å². The maximum Gasteiger partial charge on any atom is 0.0947 e. The van der Waals surface area contributed by atoms with Gasteiger partial charge in [-0.1, -0.05) is 0 Å². The molecular weight excluding hydrogens is 180 g/mol. The number of hydrogen-bond donors (Lipinski definition) is 2. The standard InChI is InChI=1S/C10H16N2O2/c1-12(6-8-2-3-14-7-8)9-4-11-5-10(9)13/h2-3,7,9-11,13H,4-6H2,1H3. The predicted octanol–water partition coefficient (Wildman–Crippen LogP) is 0.0441. The van der Waals surface area contributed by atoms with E-state index < -0.39 is 0 Å². The summed E-state index contributed by atoms with van der Waals surface area (Å²) in [5.74, 6) is 0. The third-order valence-electron chi connectivity index (χ3n) is 2.73. The van der Waals surface area contributed by atoms with E-state index in [0.29, 0.717) is 6.54 Å². The second-order valence-electron chi connectivity index (χ2n) is 3.84. The Bertz CT molecular complexity index is 274. The van der Waals surface area contributed by atoms with Crippen LogP contribution in [0.4, 0.5) is 0 Å². The molecule has 0 aliphatic carbocycles. The van der Waals surface area contributed by atoms with Crippen molar-refractivity contribution in [1.82, 2.24) is 10.2 Å². The molecule has 0 aromatic carbocycles. The Morgan fingerprint density at radius 2 is 2.50 bits per heavy atom. The van der Waals surface area contributed by atoms with Gasteiger partial charge in [0.25, 0.3) is 0 Å². The molecule has 14 heavy (non-hydrogen) atoms. The lowest BCUT2D eigenvalue weighted by atomic mass is 10.2. The maximum atomic E-state index is 9.66. The highest BCUT2D eigenvalue weighted by Gasteiger charge is 2.28. The van der Waals surface area contributed by atoms with Gasteiger partial charge in [0.2, 0.25) is 0 Å². The van der Waals surface area contributed by atoms with E-state index in [1.807, 2.05) is 13.1 Å². The highest BCUT2D eigenvalue weighted by Crippen LogP contribution is 2.11. The van der Waals surface area contributed by atoms with Crippen molar-refractivity contribution in [3.63, 3.8) is 0 Å². The number of β-amino-alcohol motifs (C(OH)–C–C–N with tert-alkyl or cyclic N) is 1. The largest absolute Gasteiger partial charge is 0.472 e. The Morgan fingerprint density at radius 3 is 3.07 bits per heavy atom. The van der Waals surface area contributed by atoms with Gasteiger partial charge in [0.1, 0.15) is 0 Å². The molecule has 0 saturated carbocycles. The summed E-state index contributed by atoms with van der Waals surface area (Å²) < 4.78 is 5.00. The van der Waals surface area contributed by atoms with E-state index in [0.717, 1.165) is 18.7 Å². The Kier molecular flexibility index (Phi) is 2.86. The summed E-state index contributed by atoms with van der Waals surface area (Å²) in [7, 11) is 2.02. The number of likely N-dealkylation sites (N-methyl/N-ethyl adjacent to an activating group) is 1. The van der Waals surface area contributed by atoms with Crippen LogP contribution in [-0.4, -0.2) is 42.3 Å². The molecule has 0 bridgehead atoms. The van der Waals surface area contributed by atoms with E-state index in [1.165, 1.54) is 0 Å². The lowest BCUT2D eigenvalue weighted by Gasteiger charge is -2.25. The van der Waals surface area contributed by atoms with E-state index in [2.05, 4.69) is 10.2 Å². The minimum Gasteiger partial charge on any atom is -0.472 e. The number of hydrogen-bond acceptors (Lipinski definition) is 4. The van der Waals surface area contributed by atoms with Gasteiger partial charge in [0.15, 0.2) is 0 Å². The number of nitrogens with zero attached hydrogens (tertiary/aromatic N) is 1. The molecule has 0 spiro atoms. The average molecular weight is 196 g/mol. The Morgan fingerprint density at radius 1 is 1.64 bits per heavy atom. The molecule has 4 nitrogen and oxygen atoms in total. The fraction of sp³-hybridized carbons (Fsp3) is 0.600. The van der Waals surface area contributed by atoms with Crippen LogP contribution in [0.1, 0.15) is 5.56 Å². The van der Waals surface area contributed by atoms with Crippen molar-refractivity contribution in [1.29, 1.82) is 0 Å². The fourth-order valence-electron chi connectivity index (χ4n) is 1.89. The first kappa shape index (κ1) is 9.71. The maximum absolute atomic E-state index is 9.66. The zero-order valence-corrected chi connectivity index (χ0v) is 8.31. The van der Waals surface area contributed by atoms with E-state index in [-0.39, 0.29) is 12.1 Å². The number of furan rings is 1. The van der Waals surface area contributed by atoms with E-state index in [4.69, 9.17) is 4.42 Å². The van der Waals surface area contributed by atoms with Crippen LogP contribution in [0.2, 0.25) is 0 Å². The summed E-state index contributed by atoms with van der Waals surface area (Å²) in [5.41, 5.74) is 1.15. The van der Waals surface area contributed by atoms with Gasteiger partial charge >= 0.3 is 0 Å². The summed E-state index contributed by atoms with van der Waals surface area (Å²) in [4.78, 5) is 2.15. The van der Waals surface area contributed by atoms with Crippen LogP contribution < -0.4 is 5.32 Å². The Hall–Kier alpha value is -0.840. The third-order valence-corrected chi connectivity index (χ3v) is 2.73. The number of aliphatic hydroxyl groups is 1. The van der Waals surface area contributed by atoms with Crippen LogP contribution in [0, 0.1) is 0 Å². The van der Waals surface area contributed by atoms with Crippen LogP contribution in [0.3, 0.4) is 0 Å². The van der Waals surface area contributed by atoms with Gasteiger partial charge in [-0.3, -0.25) is 4.90 Å². The first-order valence-corrected chi connectivity index (χ1v) is 4.87. The van der Waals surface area contributed by atoms with Crippen molar-refractivity contribution in [3.8, 4) is 0 Å². The number of aliphatic hydroxyl groups excluding tert-OH is 1. The molecular formula is C10H16N2O2. The smallest absolute Gasteiger partial charge is 0.0947 e. The normalized spacial score (nSPS) is 27.4. The Labute approximate surface area is 83.5 Å². The molecule has 1 aromatic heterocycles. The lowest BCUT2D eigenvalue weighted by Crippen LogP contribution is -2.40. The molecule has 0 radical (unpaired) electrons. The second kappa shape index (κ2) is 4.13. The molecule has 78 valence electrons. The lowest BCUT2D eigenvalue weighted by molar-refractivity contribution is 0.0954. The molecule has 2 rings (SSSR count). The molecule has 1 saturated heterocycles. The Balaban J connectivity index is 1.92. The van der Waals surface area contributed by atoms with Crippen molar-refractivity contribution in [3.05, 3.63) is 24.2 Å². The van der Waals surface area contributed by atoms with Crippen LogP contribution >= 0.6 is 0 Å². The SMILES string of the molecule is CN(Cc1ccoc1)C1CNCC1O. The summed E-state index contributed by atoms with van der Waals surface area (Å²) in [5, 5.41) is 12.8. The predicted molar refractivity (Wildman–Crippen MR) is 52.8 cm³/mol. The summed E-state index contributed by atoms with van der Waals surface area (Å²) in [6, 6.07) is 2.16. The van der Waals surface area contributed by atoms with Gasteiger partial charge in [0, 0.05) is 31.2 Å². The van der Waals surface area contributed by atoms with Crippen molar-refractivity contribution < 1.29 is 9.52 Å². The van der Waals surface area contributed by atoms with Crippen LogP contribution in [0.15, 0.2) is 23.0 Å². The number of rotatable bonds is 3. The molecule has 2 heterocycles. The molecule has 2 N–H and O–H groups in total. The molecule has 1 aliphatic rings. The van der Waals surface area contributed by atoms with Gasteiger partial charge < -0.3 is 14.8 Å². The van der Waals surface area contributed by atoms with Gasteiger partial charge in [-0.25, -0.2) is 0 Å². The number of nitrogens with one attached hydrogen (secondary N) is 1. The second-order valence-corrected chi connectivity index (χ2v) is 3.84. The summed E-state index contributed by atoms with van der Waals surface area (Å²) in [6.45, 7) is 2.37. The third kappa shape index (κ3) is 1.97. The average Bonchev–Trinajstić information content (AvgIpc) is 2.75. The molecule has 1 aliphatic heterocycles. The molecule has 2 unspecified atom stereocenters. The van der Waals surface area contributed by atoms with Gasteiger partial charge in [0.05, 0.1) is 18.6 Å². The molecule has 1 aromatic rings. The topological polar surface area (TPSA) is 48.6 Å². The zero-order chi connectivity index (χ0) is 9.97. The van der Waals surface area contributed by atoms with Gasteiger partial charge in [-0.15, -0.1) is 0 Å². The highest BCUT2D eigenvalue weighted by atomic mass is 16.3. The first-order valence-electron chi connectivity index (χ1n) is 4.87. The fourth-order valence-corrected chi connectivity index (χ4v) is 1.89. The van der Waals surface area contributed by atoms with Gasteiger partial charge in [-0.05, 0) is 13.1 Å². The first-order chi connectivity index (χ1) is 6.77. The molecule has 2 atom stereocenters. The van der Waals surface area contributed by atoms with Gasteiger partial charge in [-0.2, -0.15) is 0 Å². The quantitative estimate of drug-likeness (QED) is 0.717. The highest BCUT2D eigenvalue weighted by molar-refractivity contribution is 5.05. The monoisotopic (exact) mass is 196 g/mol. The zero-order valence-electron chi connectivity index (χ0n) is 8.31. The molecule has 1 fully saturated rings. The summed E-state index contributed by atoms with van der Waals surface area (Å²) >= 11 is 0. The van der Waals surface area contributed by atoms with Crippen molar-refractivity contribution in [2.45, 2.75) is 18.7 Å². The van der Waals surface area contributed by atoms with Crippen molar-refractivity contribution in [2.24, 2.45) is 0 Å². The van der Waals surface area contributed by atoms with Crippen LogP contribution in [0.5, 0.6) is 0 Å². The van der Waals surface area contributed by atoms with Crippen molar-refractivity contribution >= 4 is 0 Å². The molecule has 0 amide bonds. The van der Waals surface area contributed by atoms with Crippen LogP contribution in [-0.2, 0) is 6.54 Å². The van der Waals surface area contributed by atoms with Crippen molar-refractivity contribution in [2.75, 3.05) is 20.1 Å². The minimum atomic E-state index is -0.257. The summed E-state index contributed by atoms with van der Waals surface area (Å²) in [6.07, 6.45) is 3.16. The van der Waals surface area contributed by atoms with E-state index in [1.54, 1.807) is 12.5 Å². The van der Waals surface area contributed by atoms with Crippen LogP contribution in [0.25, 0.3) is 0 Å². The van der Waals surface area contributed by atoms with E-state index in [9.17, 15) is 5.11 Å². The minimum absolute atomic E-state index is 0.213. The molecule has 4 heteroatoms.